The Kier molecular flexibility index (Phi) is 13.7. The number of ketones is 1. The molecule has 5 fully saturated rings. The fourth-order valence-electron chi connectivity index (χ4n) is 26.8. The predicted molar refractivity (Wildman–Crippen MR) is 391 cm³/mol. The van der Waals surface area contributed by atoms with Crippen LogP contribution in [0.2, 0.25) is 0 Å². The zero-order valence-electron chi connectivity index (χ0n) is 57.9. The van der Waals surface area contributed by atoms with Gasteiger partial charge in [-0.1, -0.05) is 158 Å². The van der Waals surface area contributed by atoms with Crippen molar-refractivity contribution >= 4 is 22.1 Å². The van der Waals surface area contributed by atoms with Gasteiger partial charge in [0.2, 0.25) is 0 Å². The molecule has 7 aromatic rings. The van der Waals surface area contributed by atoms with E-state index in [1.165, 1.54) is 35.0 Å². The number of phenols is 3. The SMILES string of the molecule is COc1cc(C2CC(=O)C3Cc4cc5cc6c4C4C#CCC7NC8CC9C(=C%10C=C(C(O)CC%10C%10=CC%11CCCC%11%12CC%109C9CC%12c%10cc(O)c(O)cc%10C89C(C3O)C7C#CC2Cc2ccccc2)C52CCCC(Cc3ccccc3)C2)c2ccc3cccc(c3c2)C6CC4O)c(CO)cc1O. The number of hydrogen-bond acceptors (Lipinski definition) is 10. The van der Waals surface area contributed by atoms with Crippen LogP contribution in [0.1, 0.15) is 180 Å². The lowest BCUT2D eigenvalue weighted by Crippen LogP contribution is -2.79. The van der Waals surface area contributed by atoms with Gasteiger partial charge in [-0.25, -0.2) is 0 Å². The van der Waals surface area contributed by atoms with Gasteiger partial charge in [0.05, 0.1) is 37.9 Å². The van der Waals surface area contributed by atoms with Crippen molar-refractivity contribution in [3.63, 3.8) is 0 Å². The molecule has 1 heterocycles. The quantitative estimate of drug-likeness (QED) is 0.0435. The molecule has 0 aromatic heterocycles. The van der Waals surface area contributed by atoms with Crippen molar-refractivity contribution in [3.05, 3.63) is 229 Å². The molecule has 22 unspecified atom stereocenters. The maximum absolute atomic E-state index is 17.8. The average molecular weight is 1350 g/mol. The number of aliphatic hydroxyl groups is 4. The van der Waals surface area contributed by atoms with Gasteiger partial charge in [0.25, 0.3) is 0 Å². The molecule has 0 amide bonds. The van der Waals surface area contributed by atoms with Gasteiger partial charge in [0.15, 0.2) is 23.0 Å². The van der Waals surface area contributed by atoms with E-state index in [2.05, 4.69) is 132 Å². The van der Waals surface area contributed by atoms with Crippen LogP contribution in [-0.2, 0) is 41.5 Å². The number of hydrogen-bond donors (Lipinski definition) is 8. The third kappa shape index (κ3) is 8.37. The Morgan fingerprint density at radius 3 is 2.33 bits per heavy atom. The van der Waals surface area contributed by atoms with Crippen LogP contribution in [0.25, 0.3) is 16.3 Å². The fraction of sp³-hybridized carbons (Fsp3) is 0.446. The van der Waals surface area contributed by atoms with Gasteiger partial charge in [-0.15, -0.1) is 5.92 Å². The second kappa shape index (κ2) is 22.4. The summed E-state index contributed by atoms with van der Waals surface area (Å²) < 4.78 is 5.91. The summed E-state index contributed by atoms with van der Waals surface area (Å²) in [7, 11) is 1.52. The highest BCUT2D eigenvalue weighted by Crippen LogP contribution is 2.84. The molecule has 102 heavy (non-hydrogen) atoms. The highest BCUT2D eigenvalue weighted by molar-refractivity contribution is 5.92. The lowest BCUT2D eigenvalue weighted by molar-refractivity contribution is -0.184. The summed E-state index contributed by atoms with van der Waals surface area (Å²) in [6, 6.07) is 46.6. The number of carbonyl (C=O) groups excluding carboxylic acids is 1. The lowest BCUT2D eigenvalue weighted by atomic mass is 9.27. The summed E-state index contributed by atoms with van der Waals surface area (Å²) in [5.74, 6) is 11.0. The molecule has 14 bridgehead atoms. The van der Waals surface area contributed by atoms with E-state index in [9.17, 15) is 30.6 Å². The molecule has 22 atom stereocenters. The highest BCUT2D eigenvalue weighted by atomic mass is 16.5. The van der Waals surface area contributed by atoms with E-state index in [1.807, 2.05) is 30.3 Å². The number of benzene rings is 7. The normalized spacial score (nSPS) is 38.3. The third-order valence-corrected chi connectivity index (χ3v) is 30.4. The monoisotopic (exact) mass is 1350 g/mol. The van der Waals surface area contributed by atoms with Crippen LogP contribution < -0.4 is 10.1 Å². The van der Waals surface area contributed by atoms with Gasteiger partial charge in [0, 0.05) is 82.6 Å². The van der Waals surface area contributed by atoms with Crippen LogP contribution in [0, 0.1) is 87.8 Å². The molecular formula is C92H89NO9. The van der Waals surface area contributed by atoms with Crippen molar-refractivity contribution in [2.45, 2.75) is 181 Å². The molecule has 0 radical (unpaired) electrons. The van der Waals surface area contributed by atoms with Gasteiger partial charge in [-0.3, -0.25) is 4.79 Å². The molecule has 1 saturated heterocycles. The van der Waals surface area contributed by atoms with Crippen LogP contribution in [-0.4, -0.2) is 79.0 Å². The first-order valence-electron chi connectivity index (χ1n) is 38.6. The molecule has 20 rings (SSSR count). The standard InChI is InChI=1S/C92H89NO9/c1-102-82-41-63(55(46-94)33-81(82)100)62-37-77(96)69-32-54-30-57-34-66-64-38-76(95)60(85(54)66)20-9-21-75-59(25-24-52(62)29-49-14-6-3-7-15-49)87(88(69)101)92-72-42-80(99)79(98)40-68(72)70-43-83(92)91-47-90(70)27-11-18-56(90)35-71(91)65-39-78(97)73(89(57)26-10-16-50(45-89)28-48-12-4-2-5-13-48)36-67(65)86(74(91)44-84(92)93-75)53-23-22-51-17-8-19-58(64)61(51)31-53/h2-8,12-15,17,19,22-23,30-31,33-36,40-42,50,52,56,59-60,62,64-65,69-70,74-76,78,83-84,87-88,93-95,97-101H,10-11,16,18,21,26-29,32,37-39,43-47H2,1H3. The highest BCUT2D eigenvalue weighted by Gasteiger charge is 2.79. The second-order valence-electron chi connectivity index (χ2n) is 34.3. The predicted octanol–water partition coefficient (Wildman–Crippen LogP) is 14.5. The molecule has 516 valence electrons. The van der Waals surface area contributed by atoms with Gasteiger partial charge < -0.3 is 45.8 Å². The summed E-state index contributed by atoms with van der Waals surface area (Å²) in [5.41, 5.74) is 14.7. The van der Waals surface area contributed by atoms with Crippen LogP contribution in [0.15, 0.2) is 162 Å². The maximum atomic E-state index is 17.8. The number of methoxy groups -OCH3 is 1. The van der Waals surface area contributed by atoms with E-state index in [4.69, 9.17) is 4.74 Å². The lowest BCUT2D eigenvalue weighted by Gasteiger charge is -2.78. The number of phenolic OH excluding ortho intramolecular Hbond substituents is 3. The van der Waals surface area contributed by atoms with Crippen molar-refractivity contribution in [1.29, 1.82) is 0 Å². The van der Waals surface area contributed by atoms with Gasteiger partial charge in [0.1, 0.15) is 5.78 Å². The minimum atomic E-state index is -1.35. The number of fused-ring (bicyclic) bond motifs is 12. The fourth-order valence-corrected chi connectivity index (χ4v) is 26.8. The first-order chi connectivity index (χ1) is 49.7. The Labute approximate surface area is 597 Å². The zero-order chi connectivity index (χ0) is 68.6. The molecule has 4 spiro atoms. The van der Waals surface area contributed by atoms with Gasteiger partial charge in [-0.05, 0) is 237 Å². The number of piperidine rings is 1. The summed E-state index contributed by atoms with van der Waals surface area (Å²) in [5, 5.41) is 98.1. The number of carbonyl (C=O) groups is 1. The zero-order valence-corrected chi connectivity index (χ0v) is 57.9. The van der Waals surface area contributed by atoms with Gasteiger partial charge >= 0.3 is 0 Å². The Bertz CT molecular complexity index is 5010. The smallest absolute Gasteiger partial charge is 0.160 e. The Morgan fingerprint density at radius 1 is 0.696 bits per heavy atom. The number of aliphatic hydroxyl groups excluding tert-OH is 4. The van der Waals surface area contributed by atoms with E-state index < -0.39 is 82.7 Å². The first kappa shape index (κ1) is 62.4. The third-order valence-electron chi connectivity index (χ3n) is 30.4. The van der Waals surface area contributed by atoms with Crippen LogP contribution in [0.3, 0.4) is 0 Å². The minimum absolute atomic E-state index is 0.0117. The van der Waals surface area contributed by atoms with Crippen molar-refractivity contribution in [2.75, 3.05) is 7.11 Å². The summed E-state index contributed by atoms with van der Waals surface area (Å²) in [6.07, 6.45) is 14.1. The molecular weight excluding hydrogens is 1260 g/mol. The number of aromatic hydroxyl groups is 3. The molecule has 10 nitrogen and oxygen atoms in total. The first-order valence-corrected chi connectivity index (χ1v) is 38.6. The van der Waals surface area contributed by atoms with E-state index in [-0.39, 0.29) is 94.5 Å². The number of allylic oxidation sites excluding steroid dienone is 5. The molecule has 1 aliphatic heterocycles. The maximum Gasteiger partial charge on any atom is 0.160 e. The molecule has 13 aliphatic rings. The van der Waals surface area contributed by atoms with Crippen molar-refractivity contribution in [3.8, 4) is 46.7 Å². The Morgan fingerprint density at radius 2 is 1.51 bits per heavy atom. The molecule has 10 heteroatoms. The Hall–Kier alpha value is -8.19. The van der Waals surface area contributed by atoms with E-state index in [1.54, 1.807) is 12.1 Å². The summed E-state index contributed by atoms with van der Waals surface area (Å²) in [4.78, 5) is 17.8. The van der Waals surface area contributed by atoms with Crippen molar-refractivity contribution < 1.29 is 45.3 Å². The molecule has 7 aromatic carbocycles. The topological polar surface area (TPSA) is 180 Å². The number of Topliss-reactive ketones (excluding diaryl/α,β-unsaturated/α-hetero) is 1. The number of ether oxygens (including phenoxy) is 1. The minimum Gasteiger partial charge on any atom is -0.504 e. The Balaban J connectivity index is 0.939. The number of nitrogens with one attached hydrogen (secondary N) is 1. The average Bonchev–Trinajstić information content (AvgIpc) is 0.888. The molecule has 12 aliphatic carbocycles. The van der Waals surface area contributed by atoms with Crippen LogP contribution >= 0.6 is 0 Å². The summed E-state index contributed by atoms with van der Waals surface area (Å²) in [6.45, 7) is -0.417. The second-order valence-corrected chi connectivity index (χ2v) is 34.3. The van der Waals surface area contributed by atoms with Gasteiger partial charge in [-0.2, -0.15) is 0 Å². The molecule has 8 N–H and O–H groups in total. The van der Waals surface area contributed by atoms with E-state index in [0.717, 1.165) is 125 Å². The van der Waals surface area contributed by atoms with E-state index in [0.29, 0.717) is 43.2 Å². The van der Waals surface area contributed by atoms with Crippen molar-refractivity contribution in [1.82, 2.24) is 5.32 Å². The number of rotatable bonds is 7. The van der Waals surface area contributed by atoms with Crippen LogP contribution in [0.5, 0.6) is 23.0 Å². The summed E-state index contributed by atoms with van der Waals surface area (Å²) >= 11 is 0. The van der Waals surface area contributed by atoms with Crippen molar-refractivity contribution in [2.24, 2.45) is 64.1 Å². The van der Waals surface area contributed by atoms with Crippen LogP contribution in [0.4, 0.5) is 0 Å². The van der Waals surface area contributed by atoms with E-state index >= 15 is 9.90 Å². The largest absolute Gasteiger partial charge is 0.504 e. The molecule has 4 saturated carbocycles.